The maximum atomic E-state index is 11.5. The van der Waals surface area contributed by atoms with Gasteiger partial charge in [-0.2, -0.15) is 0 Å². The predicted octanol–water partition coefficient (Wildman–Crippen LogP) is 1.81. The van der Waals surface area contributed by atoms with E-state index in [9.17, 15) is 9.59 Å². The summed E-state index contributed by atoms with van der Waals surface area (Å²) < 4.78 is 0. The molecule has 0 aliphatic heterocycles. The van der Waals surface area contributed by atoms with Crippen LogP contribution in [0.3, 0.4) is 0 Å². The van der Waals surface area contributed by atoms with Gasteiger partial charge in [0.2, 0.25) is 0 Å². The first-order valence-corrected chi connectivity index (χ1v) is 3.99. The van der Waals surface area contributed by atoms with E-state index in [4.69, 9.17) is 0 Å². The zero-order chi connectivity index (χ0) is 9.42. The molecule has 0 saturated carbocycles. The van der Waals surface area contributed by atoms with E-state index < -0.39 is 0 Å². The summed E-state index contributed by atoms with van der Waals surface area (Å²) in [6.45, 7) is 1.61. The standard InChI is InChI=1S/C11H7O2.Y/c1-7-6-10(12)8-4-2-3-5-9(8)11(7)13;/h2-5H,1H3;/q-1;. The molecular formula is C11H7O2Y-. The second-order valence-corrected chi connectivity index (χ2v) is 2.95. The molecule has 1 radical (unpaired) electrons. The molecule has 1 aliphatic carbocycles. The van der Waals surface area contributed by atoms with E-state index in [0.717, 1.165) is 0 Å². The van der Waals surface area contributed by atoms with Crippen molar-refractivity contribution in [2.24, 2.45) is 0 Å². The number of carbonyl (C=O) groups excluding carboxylic acids is 2. The minimum Gasteiger partial charge on any atom is -0.366 e. The maximum absolute atomic E-state index is 11.5. The molecule has 1 aliphatic rings. The molecule has 0 saturated heterocycles. The Bertz CT molecular complexity index is 433. The van der Waals surface area contributed by atoms with Gasteiger partial charge in [-0.1, -0.05) is 36.2 Å². The largest absolute Gasteiger partial charge is 0.366 e. The topological polar surface area (TPSA) is 34.1 Å². The number of ketones is 2. The summed E-state index contributed by atoms with van der Waals surface area (Å²) in [6, 6.07) is 6.81. The minimum absolute atomic E-state index is 0. The Labute approximate surface area is 107 Å². The van der Waals surface area contributed by atoms with Crippen LogP contribution >= 0.6 is 0 Å². The molecule has 2 rings (SSSR count). The van der Waals surface area contributed by atoms with Crippen LogP contribution < -0.4 is 0 Å². The average molecular weight is 260 g/mol. The molecule has 0 N–H and O–H groups in total. The maximum Gasteiger partial charge on any atom is 0.0754 e. The molecule has 0 fully saturated rings. The molecule has 14 heavy (non-hydrogen) atoms. The van der Waals surface area contributed by atoms with Gasteiger partial charge in [-0.05, 0) is 0 Å². The SMILES string of the molecule is CC1=[C-]C(=O)c2ccccc2C1=O.[Y]. The van der Waals surface area contributed by atoms with Gasteiger partial charge in [0.15, 0.2) is 0 Å². The number of rotatable bonds is 0. The summed E-state index contributed by atoms with van der Waals surface area (Å²) in [7, 11) is 0. The summed E-state index contributed by atoms with van der Waals surface area (Å²) in [5.41, 5.74) is 1.34. The molecule has 0 heterocycles. The first-order chi connectivity index (χ1) is 6.20. The third kappa shape index (κ3) is 1.77. The summed E-state index contributed by atoms with van der Waals surface area (Å²) in [4.78, 5) is 22.9. The molecule has 0 unspecified atom stereocenters. The van der Waals surface area contributed by atoms with Crippen molar-refractivity contribution in [2.75, 3.05) is 0 Å². The zero-order valence-electron chi connectivity index (χ0n) is 7.70. The van der Waals surface area contributed by atoms with Crippen LogP contribution in [0.5, 0.6) is 0 Å². The van der Waals surface area contributed by atoms with Crippen LogP contribution in [0.2, 0.25) is 0 Å². The Kier molecular flexibility index (Phi) is 3.51. The Morgan fingerprint density at radius 3 is 2.29 bits per heavy atom. The fourth-order valence-corrected chi connectivity index (χ4v) is 1.38. The van der Waals surface area contributed by atoms with Crippen LogP contribution in [0, 0.1) is 6.08 Å². The number of carbonyl (C=O) groups is 2. The molecule has 1 aromatic carbocycles. The molecule has 2 nitrogen and oxygen atoms in total. The third-order valence-electron chi connectivity index (χ3n) is 2.06. The van der Waals surface area contributed by atoms with Crippen molar-refractivity contribution in [3.05, 3.63) is 47.0 Å². The van der Waals surface area contributed by atoms with Gasteiger partial charge in [-0.3, -0.25) is 0 Å². The zero-order valence-corrected chi connectivity index (χ0v) is 10.5. The summed E-state index contributed by atoms with van der Waals surface area (Å²) in [5, 5.41) is 0. The molecular weight excluding hydrogens is 253 g/mol. The van der Waals surface area contributed by atoms with Gasteiger partial charge >= 0.3 is 0 Å². The number of hydrogen-bond donors (Lipinski definition) is 0. The molecule has 0 spiro atoms. The van der Waals surface area contributed by atoms with Gasteiger partial charge in [0.1, 0.15) is 0 Å². The van der Waals surface area contributed by atoms with Crippen molar-refractivity contribution in [2.45, 2.75) is 6.92 Å². The van der Waals surface area contributed by atoms with E-state index in [0.29, 0.717) is 16.7 Å². The van der Waals surface area contributed by atoms with Gasteiger partial charge in [0, 0.05) is 32.7 Å². The van der Waals surface area contributed by atoms with Crippen LogP contribution in [0.25, 0.3) is 0 Å². The van der Waals surface area contributed by atoms with Crippen molar-refractivity contribution in [3.63, 3.8) is 0 Å². The monoisotopic (exact) mass is 260 g/mol. The first kappa shape index (κ1) is 11.5. The van der Waals surface area contributed by atoms with E-state index in [2.05, 4.69) is 6.08 Å². The van der Waals surface area contributed by atoms with Crippen LogP contribution in [-0.4, -0.2) is 11.6 Å². The summed E-state index contributed by atoms with van der Waals surface area (Å²) in [5.74, 6) is -0.303. The number of fused-ring (bicyclic) bond motifs is 1. The quantitative estimate of drug-likeness (QED) is 0.667. The Morgan fingerprint density at radius 2 is 1.64 bits per heavy atom. The normalized spacial score (nSPS) is 14.2. The number of benzene rings is 1. The molecule has 0 bridgehead atoms. The van der Waals surface area contributed by atoms with Crippen LogP contribution in [0.15, 0.2) is 29.8 Å². The van der Waals surface area contributed by atoms with Crippen molar-refractivity contribution >= 4 is 11.6 Å². The Balaban J connectivity index is 0.000000980. The van der Waals surface area contributed by atoms with E-state index >= 15 is 0 Å². The summed E-state index contributed by atoms with van der Waals surface area (Å²) >= 11 is 0. The van der Waals surface area contributed by atoms with E-state index in [-0.39, 0.29) is 44.3 Å². The van der Waals surface area contributed by atoms with Crippen LogP contribution in [-0.2, 0) is 32.7 Å². The van der Waals surface area contributed by atoms with Crippen LogP contribution in [0.1, 0.15) is 27.6 Å². The number of hydrogen-bond acceptors (Lipinski definition) is 2. The predicted molar refractivity (Wildman–Crippen MR) is 47.5 cm³/mol. The Morgan fingerprint density at radius 1 is 1.07 bits per heavy atom. The van der Waals surface area contributed by atoms with Gasteiger partial charge in [-0.25, -0.2) is 0 Å². The number of Topliss-reactive ketones (excluding diaryl/α,β-unsaturated/α-hetero) is 2. The molecule has 0 amide bonds. The molecule has 0 atom stereocenters. The molecule has 0 aromatic heterocycles. The van der Waals surface area contributed by atoms with Crippen molar-refractivity contribution in [1.29, 1.82) is 0 Å². The van der Waals surface area contributed by atoms with Gasteiger partial charge in [0.05, 0.1) is 11.6 Å². The molecule has 1 aromatic rings. The Hall–Kier alpha value is -0.596. The fourth-order valence-electron chi connectivity index (χ4n) is 1.38. The second kappa shape index (κ2) is 4.28. The molecule has 3 heteroatoms. The van der Waals surface area contributed by atoms with Gasteiger partial charge in [0.25, 0.3) is 0 Å². The van der Waals surface area contributed by atoms with E-state index in [1.54, 1.807) is 31.2 Å². The number of allylic oxidation sites excluding steroid dienone is 2. The fraction of sp³-hybridized carbons (Fsp3) is 0.0909. The van der Waals surface area contributed by atoms with Crippen molar-refractivity contribution < 1.29 is 42.3 Å². The van der Waals surface area contributed by atoms with Gasteiger partial charge in [-0.15, -0.1) is 17.7 Å². The third-order valence-corrected chi connectivity index (χ3v) is 2.06. The first-order valence-electron chi connectivity index (χ1n) is 3.99. The average Bonchev–Trinajstić information content (AvgIpc) is 2.15. The van der Waals surface area contributed by atoms with Gasteiger partial charge < -0.3 is 9.59 Å². The van der Waals surface area contributed by atoms with E-state index in [1.807, 2.05) is 0 Å². The smallest absolute Gasteiger partial charge is 0.0754 e. The van der Waals surface area contributed by atoms with Crippen LogP contribution in [0.4, 0.5) is 0 Å². The van der Waals surface area contributed by atoms with Crippen molar-refractivity contribution in [3.8, 4) is 0 Å². The molecule has 67 valence electrons. The minimum atomic E-state index is -0.201. The second-order valence-electron chi connectivity index (χ2n) is 2.95. The van der Waals surface area contributed by atoms with Crippen molar-refractivity contribution in [1.82, 2.24) is 0 Å². The summed E-state index contributed by atoms with van der Waals surface area (Å²) in [6.07, 6.45) is 2.51. The van der Waals surface area contributed by atoms with E-state index in [1.165, 1.54) is 0 Å².